The summed E-state index contributed by atoms with van der Waals surface area (Å²) >= 11 is 0. The predicted octanol–water partition coefficient (Wildman–Crippen LogP) is -23.7. The Morgan fingerprint density at radius 3 is 0.970 bits per heavy atom. The Balaban J connectivity index is 0.985. The summed E-state index contributed by atoms with van der Waals surface area (Å²) in [7, 11) is 0. The molecule has 0 unspecified atom stereocenters. The Bertz CT molecular complexity index is 3580. The molecule has 59 heteroatoms. The van der Waals surface area contributed by atoms with E-state index in [2.05, 4.69) is 21.3 Å². The number of hydrogen-bond donors (Lipinski definition) is 35. The van der Waals surface area contributed by atoms with Crippen LogP contribution in [0, 0.1) is 0 Å². The van der Waals surface area contributed by atoms with Crippen LogP contribution in [0.2, 0.25) is 0 Å². The van der Waals surface area contributed by atoms with Crippen molar-refractivity contribution in [3.05, 3.63) is 0 Å². The lowest BCUT2D eigenvalue weighted by Gasteiger charge is -2.51. The molecule has 0 saturated carbocycles. The van der Waals surface area contributed by atoms with Crippen LogP contribution in [-0.2, 0) is 114 Å². The van der Waals surface area contributed by atoms with E-state index in [1.165, 1.54) is 6.92 Å². The van der Waals surface area contributed by atoms with Crippen molar-refractivity contribution < 1.29 is 272 Å². The fourth-order valence-corrected chi connectivity index (χ4v) is 16.9. The van der Waals surface area contributed by atoms with E-state index < -0.39 is 428 Å². The third kappa shape index (κ3) is 25.1. The van der Waals surface area contributed by atoms with Gasteiger partial charge in [0.25, 0.3) is 0 Å². The van der Waals surface area contributed by atoms with E-state index in [9.17, 15) is 177 Å². The van der Waals surface area contributed by atoms with Crippen LogP contribution in [0.15, 0.2) is 0 Å². The minimum absolute atomic E-state index is 0.873. The molecule has 0 radical (unpaired) electrons. The summed E-state index contributed by atoms with van der Waals surface area (Å²) in [5.74, 6) is -3.95. The summed E-state index contributed by atoms with van der Waals surface area (Å²) in [5.41, 5.74) is 0. The molecule has 10 fully saturated rings. The van der Waals surface area contributed by atoms with Crippen LogP contribution < -0.4 is 21.3 Å². The van der Waals surface area contributed by atoms with Gasteiger partial charge < -0.3 is 274 Å². The zero-order chi connectivity index (χ0) is 98.2. The van der Waals surface area contributed by atoms with Gasteiger partial charge in [-0.05, 0) is 6.92 Å². The van der Waals surface area contributed by atoms with Crippen LogP contribution in [-0.4, -0.2) is 586 Å². The molecule has 772 valence electrons. The predicted molar refractivity (Wildman–Crippen MR) is 410 cm³/mol. The number of carbonyl (C=O) groups is 4. The van der Waals surface area contributed by atoms with Crippen molar-refractivity contribution in [1.29, 1.82) is 0 Å². The number of aliphatic hydroxyl groups is 31. The second-order valence-corrected chi connectivity index (χ2v) is 33.6. The Labute approximate surface area is 753 Å². The zero-order valence-electron chi connectivity index (χ0n) is 71.6. The minimum atomic E-state index is -2.70. The second-order valence-electron chi connectivity index (χ2n) is 33.6. The number of amides is 4. The smallest absolute Gasteiger partial charge is 0.217 e. The molecule has 10 rings (SSSR count). The van der Waals surface area contributed by atoms with Crippen LogP contribution in [0.25, 0.3) is 0 Å². The molecule has 0 aromatic rings. The van der Waals surface area contributed by atoms with Crippen LogP contribution >= 0.6 is 0 Å². The number of rotatable bonds is 38. The molecule has 54 atom stereocenters. The maximum atomic E-state index is 13.3. The van der Waals surface area contributed by atoms with Gasteiger partial charge in [-0.2, -0.15) is 0 Å². The number of nitrogens with one attached hydrogen (secondary N) is 4. The van der Waals surface area contributed by atoms with Gasteiger partial charge >= 0.3 is 0 Å². The first-order chi connectivity index (χ1) is 62.9. The third-order valence-corrected chi connectivity index (χ3v) is 24.2. The standard InChI is InChI=1S/C74H126N4O55/c1-17-36(93)47(104)52(109)68(116-17)114-15-23(92)57(37(94)22(6-79)75-18(2)88)126-65-33(76-19(3)89)44(101)60(30(13-86)122-65)129-72-56(113)62(43(100)32(125-72)16-115-73-63(50(107)40(97)26(9-82)120-73)132-66-34(77-20(4)90)45(102)58(29(12-85)123-66)127-69-53(110)48(105)38(95)24(7-80)117-69)131-74-64(51(108)41(98)27(10-83)121-74)133-67-35(78-21(5)91)46(103)59(31(14-87)124-67)128-71-55(112)61(42(99)28(11-84)119-71)130-70-54(111)49(106)39(96)25(8-81)118-70/h17,22-74,79-87,92-113H,6-16H2,1-5H3,(H,75,88)(H,76,89)(H,77,90)(H,78,91)/t17-,22-,23+,24+,25+,26+,27+,28+,29+,30+,31+,32+,33+,34+,35+,36+,37+,38-,39-,40+,41+,42-,43+,44+,45+,46+,47+,48-,49-,50-,51-,52-,53+,54+,55+,56-,57+,58+,59+,60+,61-,62-,63-,64-,65-,66-,67-,68+,69-,70-,71-,72-,73-,74+/m0/s1. The molecule has 10 heterocycles. The van der Waals surface area contributed by atoms with E-state index in [-0.39, 0.29) is 0 Å². The number of carbonyl (C=O) groups excluding carboxylic acids is 4. The van der Waals surface area contributed by atoms with Crippen molar-refractivity contribution in [2.45, 2.75) is 366 Å². The Hall–Kier alpha value is -4.16. The van der Waals surface area contributed by atoms with Gasteiger partial charge in [0, 0.05) is 27.7 Å². The molecule has 0 spiro atoms. The third-order valence-electron chi connectivity index (χ3n) is 24.2. The molecule has 35 N–H and O–H groups in total. The Kier molecular flexibility index (Phi) is 40.8. The quantitative estimate of drug-likeness (QED) is 0.0273. The molecular formula is C74H126N4O55. The maximum absolute atomic E-state index is 13.3. The van der Waals surface area contributed by atoms with Gasteiger partial charge in [-0.1, -0.05) is 0 Å². The molecule has 0 bridgehead atoms. The van der Waals surface area contributed by atoms with Gasteiger partial charge in [-0.25, -0.2) is 0 Å². The van der Waals surface area contributed by atoms with Crippen molar-refractivity contribution in [3.63, 3.8) is 0 Å². The molecule has 10 saturated heterocycles. The van der Waals surface area contributed by atoms with Crippen molar-refractivity contribution in [3.8, 4) is 0 Å². The average Bonchev–Trinajstić information content (AvgIpc) is 0.767. The first kappa shape index (κ1) is 111. The highest BCUT2D eigenvalue weighted by Crippen LogP contribution is 2.41. The summed E-state index contributed by atoms with van der Waals surface area (Å²) in [6.45, 7) is -7.81. The molecule has 59 nitrogen and oxygen atoms in total. The molecule has 133 heavy (non-hydrogen) atoms. The van der Waals surface area contributed by atoms with Gasteiger partial charge in [-0.15, -0.1) is 0 Å². The Morgan fingerprint density at radius 1 is 0.278 bits per heavy atom. The van der Waals surface area contributed by atoms with Gasteiger partial charge in [0.15, 0.2) is 62.9 Å². The lowest BCUT2D eigenvalue weighted by Crippen LogP contribution is -2.70. The SMILES string of the molecule is CC(=O)N[C@H]1[C@H](O[C@@H]([C@H](O)[C@H](CO)NC(C)=O)[C@H](O)CO[C@@H]2O[C@@H](C)[C@@H](O)[C@@H](O)[C@@H]2O)O[C@H](CO)[C@@H](O[C@@H]2O[C@H](CO[C@H]3O[C@H](CO)[C@@H](O)[C@H](O)[C@@H]3O[C@@H]3O[C@H](CO)[C@@H](O[C@@H]4O[C@H](CO)[C@H](O)[C@H](O)[C@H]4O)[C@H](O)[C@H]3NC(C)=O)[C@@H](O)[C@H](O[C@H]3O[C@H](CO)[C@@H](O)[C@H](O)[C@@H]3O[C@@H]3O[C@H](CO)[C@@H](O[C@@H]4O[C@H](CO)[C@H](O)[C@H](O[C@@H]5O[C@H](CO)[C@H](O)[C@H](O)[C@H]5O)[C@H]4O)[C@H](O)[C@H]3NC(C)=O)[C@@H]2O)[C@@H]1O. The molecule has 0 aliphatic carbocycles. The van der Waals surface area contributed by atoms with E-state index in [0.29, 0.717) is 0 Å². The summed E-state index contributed by atoms with van der Waals surface area (Å²) in [6.07, 6.45) is -107. The second kappa shape index (κ2) is 49.0. The highest BCUT2D eigenvalue weighted by molar-refractivity contribution is 5.74. The topological polar surface area (TPSA) is 928 Å². The number of hydrogen-bond acceptors (Lipinski definition) is 55. The molecule has 0 aromatic heterocycles. The van der Waals surface area contributed by atoms with E-state index in [1.54, 1.807) is 0 Å². The molecule has 10 aliphatic rings. The molecular weight excluding hydrogens is 1820 g/mol. The van der Waals surface area contributed by atoms with Crippen molar-refractivity contribution in [2.24, 2.45) is 0 Å². The summed E-state index contributed by atoms with van der Waals surface area (Å²) in [5, 5.41) is 356. The van der Waals surface area contributed by atoms with E-state index >= 15 is 0 Å². The monoisotopic (exact) mass is 1950 g/mol. The summed E-state index contributed by atoms with van der Waals surface area (Å²) in [4.78, 5) is 51.9. The average molecular weight is 1950 g/mol. The normalized spacial score (nSPS) is 47.6. The maximum Gasteiger partial charge on any atom is 0.217 e. The molecule has 0 aromatic carbocycles. The summed E-state index contributed by atoms with van der Waals surface area (Å²) < 4.78 is 118. The summed E-state index contributed by atoms with van der Waals surface area (Å²) in [6, 6.07) is -7.95. The molecule has 4 amide bonds. The van der Waals surface area contributed by atoms with Gasteiger partial charge in [0.05, 0.1) is 84.8 Å². The Morgan fingerprint density at radius 2 is 0.579 bits per heavy atom. The minimum Gasteiger partial charge on any atom is -0.394 e. The van der Waals surface area contributed by atoms with E-state index in [4.69, 9.17) is 94.7 Å². The van der Waals surface area contributed by atoms with Crippen molar-refractivity contribution >= 4 is 23.6 Å². The van der Waals surface area contributed by atoms with Crippen LogP contribution in [0.1, 0.15) is 34.6 Å². The fraction of sp³-hybridized carbons (Fsp3) is 0.946. The van der Waals surface area contributed by atoms with Crippen LogP contribution in [0.4, 0.5) is 0 Å². The van der Waals surface area contributed by atoms with Gasteiger partial charge in [0.1, 0.15) is 256 Å². The number of ether oxygens (including phenoxy) is 20. The lowest BCUT2D eigenvalue weighted by molar-refractivity contribution is -0.400. The fourth-order valence-electron chi connectivity index (χ4n) is 16.9. The largest absolute Gasteiger partial charge is 0.394 e. The van der Waals surface area contributed by atoms with Crippen molar-refractivity contribution in [1.82, 2.24) is 21.3 Å². The van der Waals surface area contributed by atoms with Crippen LogP contribution in [0.5, 0.6) is 0 Å². The van der Waals surface area contributed by atoms with Gasteiger partial charge in [-0.3, -0.25) is 19.2 Å². The lowest BCUT2D eigenvalue weighted by atomic mass is 9.94. The first-order valence-electron chi connectivity index (χ1n) is 42.4. The van der Waals surface area contributed by atoms with Gasteiger partial charge in [0.2, 0.25) is 23.6 Å². The van der Waals surface area contributed by atoms with Crippen LogP contribution in [0.3, 0.4) is 0 Å². The zero-order valence-corrected chi connectivity index (χ0v) is 71.6. The first-order valence-corrected chi connectivity index (χ1v) is 42.4. The van der Waals surface area contributed by atoms with Crippen molar-refractivity contribution in [2.75, 3.05) is 72.7 Å². The highest BCUT2D eigenvalue weighted by Gasteiger charge is 2.62. The highest BCUT2D eigenvalue weighted by atomic mass is 16.8. The molecule has 10 aliphatic heterocycles. The van der Waals surface area contributed by atoms with E-state index in [1.807, 2.05) is 0 Å². The number of aliphatic hydroxyl groups excluding tert-OH is 31. The van der Waals surface area contributed by atoms with E-state index in [0.717, 1.165) is 27.7 Å².